The molecule has 8 heteroatoms. The second-order valence-corrected chi connectivity index (χ2v) is 6.31. The van der Waals surface area contributed by atoms with Crippen LogP contribution in [0, 0.1) is 5.92 Å². The van der Waals surface area contributed by atoms with E-state index in [0.29, 0.717) is 35.0 Å². The Bertz CT molecular complexity index is 972. The number of rotatable bonds is 6. The zero-order valence-corrected chi connectivity index (χ0v) is 15.3. The predicted molar refractivity (Wildman–Crippen MR) is 99.1 cm³/mol. The fraction of sp³-hybridized carbons (Fsp3) is 0.263. The van der Waals surface area contributed by atoms with Crippen LogP contribution >= 0.6 is 0 Å². The number of nitrogens with zero attached hydrogens (tertiary/aromatic N) is 3. The fourth-order valence-electron chi connectivity index (χ4n) is 2.37. The van der Waals surface area contributed by atoms with Gasteiger partial charge in [0.15, 0.2) is 5.82 Å². The average Bonchev–Trinajstić information content (AvgIpc) is 3.07. The highest BCUT2D eigenvalue weighted by Gasteiger charge is 2.13. The third-order valence-corrected chi connectivity index (χ3v) is 3.79. The lowest BCUT2D eigenvalue weighted by Gasteiger charge is -2.07. The van der Waals surface area contributed by atoms with Crippen LogP contribution in [0.5, 0.6) is 5.88 Å². The average molecular weight is 368 g/mol. The first-order valence-corrected chi connectivity index (χ1v) is 8.44. The molecule has 0 aliphatic carbocycles. The third-order valence-electron chi connectivity index (χ3n) is 3.79. The van der Waals surface area contributed by atoms with Gasteiger partial charge in [0.2, 0.25) is 5.88 Å². The Morgan fingerprint density at radius 3 is 2.59 bits per heavy atom. The molecule has 0 atom stereocenters. The number of pyridine rings is 2. The molecule has 0 saturated carbocycles. The largest absolute Gasteiger partial charge is 0.481 e. The quantitative estimate of drug-likeness (QED) is 0.671. The molecule has 3 aromatic rings. The third kappa shape index (κ3) is 4.05. The van der Waals surface area contributed by atoms with Crippen LogP contribution < -0.4 is 10.3 Å². The van der Waals surface area contributed by atoms with Gasteiger partial charge in [-0.3, -0.25) is 9.89 Å². The van der Waals surface area contributed by atoms with Crippen molar-refractivity contribution in [3.8, 4) is 22.8 Å². The SMILES string of the molecule is COc1ccc(-c2c[nH]n(-c3ccc(C(=O)OCC(C)C)cn3)c2=O)cn1. The minimum atomic E-state index is -0.438. The molecule has 3 aromatic heterocycles. The zero-order valence-electron chi connectivity index (χ0n) is 15.3. The van der Waals surface area contributed by atoms with E-state index in [-0.39, 0.29) is 11.5 Å². The topological polar surface area (TPSA) is 99.1 Å². The van der Waals surface area contributed by atoms with Crippen LogP contribution in [0.2, 0.25) is 0 Å². The molecule has 0 fully saturated rings. The van der Waals surface area contributed by atoms with Crippen molar-refractivity contribution in [3.63, 3.8) is 0 Å². The molecule has 0 aliphatic heterocycles. The Morgan fingerprint density at radius 1 is 1.19 bits per heavy atom. The van der Waals surface area contributed by atoms with Gasteiger partial charge in [-0.05, 0) is 24.1 Å². The lowest BCUT2D eigenvalue weighted by molar-refractivity contribution is 0.0458. The fourth-order valence-corrected chi connectivity index (χ4v) is 2.37. The Morgan fingerprint density at radius 2 is 2.00 bits per heavy atom. The number of nitrogens with one attached hydrogen (secondary N) is 1. The first-order valence-electron chi connectivity index (χ1n) is 8.44. The van der Waals surface area contributed by atoms with Crippen LogP contribution in [-0.4, -0.2) is 39.4 Å². The second kappa shape index (κ2) is 7.86. The van der Waals surface area contributed by atoms with Crippen molar-refractivity contribution in [1.29, 1.82) is 0 Å². The van der Waals surface area contributed by atoms with Gasteiger partial charge in [0.1, 0.15) is 0 Å². The van der Waals surface area contributed by atoms with Gasteiger partial charge in [0.25, 0.3) is 5.56 Å². The Labute approximate surface area is 155 Å². The summed E-state index contributed by atoms with van der Waals surface area (Å²) in [5.74, 6) is 0.653. The summed E-state index contributed by atoms with van der Waals surface area (Å²) in [4.78, 5) is 32.9. The summed E-state index contributed by atoms with van der Waals surface area (Å²) >= 11 is 0. The number of hydrogen-bond acceptors (Lipinski definition) is 6. The molecule has 0 aliphatic rings. The van der Waals surface area contributed by atoms with Gasteiger partial charge in [0.05, 0.1) is 24.8 Å². The first-order chi connectivity index (χ1) is 13.0. The molecule has 0 unspecified atom stereocenters. The molecule has 0 radical (unpaired) electrons. The van der Waals surface area contributed by atoms with Gasteiger partial charge < -0.3 is 9.47 Å². The van der Waals surface area contributed by atoms with E-state index >= 15 is 0 Å². The van der Waals surface area contributed by atoms with Gasteiger partial charge in [-0.1, -0.05) is 13.8 Å². The van der Waals surface area contributed by atoms with Crippen molar-refractivity contribution < 1.29 is 14.3 Å². The number of aromatic nitrogens is 4. The van der Waals surface area contributed by atoms with Crippen LogP contribution in [0.3, 0.4) is 0 Å². The van der Waals surface area contributed by atoms with Gasteiger partial charge in [0, 0.05) is 30.2 Å². The Kier molecular flexibility index (Phi) is 5.35. The molecule has 3 heterocycles. The van der Waals surface area contributed by atoms with E-state index in [1.807, 2.05) is 13.8 Å². The number of carbonyl (C=O) groups excluding carboxylic acids is 1. The van der Waals surface area contributed by atoms with E-state index in [1.165, 1.54) is 18.0 Å². The molecule has 0 amide bonds. The smallest absolute Gasteiger partial charge is 0.339 e. The summed E-state index contributed by atoms with van der Waals surface area (Å²) in [7, 11) is 1.53. The van der Waals surface area contributed by atoms with E-state index in [9.17, 15) is 9.59 Å². The molecule has 0 saturated heterocycles. The standard InChI is InChI=1S/C19H20N4O4/c1-12(2)11-27-19(25)14-4-6-16(20-9-14)23-18(24)15(10-22-23)13-5-7-17(26-3)21-8-13/h4-10,12,22H,11H2,1-3H3. The summed E-state index contributed by atoms with van der Waals surface area (Å²) in [6.07, 6.45) is 4.53. The normalized spacial score (nSPS) is 10.8. The summed E-state index contributed by atoms with van der Waals surface area (Å²) in [5, 5.41) is 2.87. The van der Waals surface area contributed by atoms with Crippen molar-refractivity contribution in [2.45, 2.75) is 13.8 Å². The number of ether oxygens (including phenoxy) is 2. The van der Waals surface area contributed by atoms with Gasteiger partial charge >= 0.3 is 5.97 Å². The van der Waals surface area contributed by atoms with Gasteiger partial charge in [-0.15, -0.1) is 0 Å². The highest BCUT2D eigenvalue weighted by atomic mass is 16.5. The van der Waals surface area contributed by atoms with E-state index < -0.39 is 5.97 Å². The summed E-state index contributed by atoms with van der Waals surface area (Å²) < 4.78 is 11.5. The van der Waals surface area contributed by atoms with E-state index in [2.05, 4.69) is 15.1 Å². The summed E-state index contributed by atoms with van der Waals surface area (Å²) in [6, 6.07) is 6.59. The number of carbonyl (C=O) groups is 1. The lowest BCUT2D eigenvalue weighted by Crippen LogP contribution is -2.17. The second-order valence-electron chi connectivity index (χ2n) is 6.31. The minimum Gasteiger partial charge on any atom is -0.481 e. The van der Waals surface area contributed by atoms with Crippen LogP contribution in [0.4, 0.5) is 0 Å². The highest BCUT2D eigenvalue weighted by Crippen LogP contribution is 2.17. The van der Waals surface area contributed by atoms with Crippen molar-refractivity contribution in [3.05, 3.63) is 58.8 Å². The van der Waals surface area contributed by atoms with Gasteiger partial charge in [-0.25, -0.2) is 19.4 Å². The molecule has 27 heavy (non-hydrogen) atoms. The summed E-state index contributed by atoms with van der Waals surface area (Å²) in [5.41, 5.74) is 1.17. The van der Waals surface area contributed by atoms with Crippen LogP contribution in [0.25, 0.3) is 16.9 Å². The van der Waals surface area contributed by atoms with Gasteiger partial charge in [-0.2, -0.15) is 0 Å². The van der Waals surface area contributed by atoms with Crippen LogP contribution in [-0.2, 0) is 4.74 Å². The molecule has 140 valence electrons. The van der Waals surface area contributed by atoms with Crippen molar-refractivity contribution >= 4 is 5.97 Å². The number of methoxy groups -OCH3 is 1. The maximum absolute atomic E-state index is 12.7. The molecule has 0 bridgehead atoms. The maximum atomic E-state index is 12.7. The molecule has 3 rings (SSSR count). The van der Waals surface area contributed by atoms with Crippen LogP contribution in [0.1, 0.15) is 24.2 Å². The van der Waals surface area contributed by atoms with Crippen molar-refractivity contribution in [2.24, 2.45) is 5.92 Å². The highest BCUT2D eigenvalue weighted by molar-refractivity contribution is 5.89. The lowest BCUT2D eigenvalue weighted by atomic mass is 10.2. The van der Waals surface area contributed by atoms with Crippen LogP contribution in [0.15, 0.2) is 47.7 Å². The molecule has 0 aromatic carbocycles. The van der Waals surface area contributed by atoms with Crippen molar-refractivity contribution in [1.82, 2.24) is 19.7 Å². The van der Waals surface area contributed by atoms with E-state index in [0.717, 1.165) is 0 Å². The monoisotopic (exact) mass is 368 g/mol. The van der Waals surface area contributed by atoms with E-state index in [4.69, 9.17) is 9.47 Å². The predicted octanol–water partition coefficient (Wildman–Crippen LogP) is 2.44. The molecular weight excluding hydrogens is 348 g/mol. The minimum absolute atomic E-state index is 0.254. The maximum Gasteiger partial charge on any atom is 0.339 e. The van der Waals surface area contributed by atoms with E-state index in [1.54, 1.807) is 36.7 Å². The van der Waals surface area contributed by atoms with Crippen molar-refractivity contribution in [2.75, 3.05) is 13.7 Å². The molecule has 1 N–H and O–H groups in total. The molecule has 8 nitrogen and oxygen atoms in total. The number of H-pyrrole nitrogens is 1. The Hall–Kier alpha value is -3.42. The number of hydrogen-bond donors (Lipinski definition) is 1. The Balaban J connectivity index is 1.82. The molecule has 0 spiro atoms. The first kappa shape index (κ1) is 18.4. The summed E-state index contributed by atoms with van der Waals surface area (Å²) in [6.45, 7) is 4.26. The molecular formula is C19H20N4O4. The number of esters is 1. The zero-order chi connectivity index (χ0) is 19.4. The number of aromatic amines is 1.